The summed E-state index contributed by atoms with van der Waals surface area (Å²) in [6.45, 7) is 3.51. The van der Waals surface area contributed by atoms with Gasteiger partial charge in [0, 0.05) is 6.42 Å². The smallest absolute Gasteiger partial charge is 0.220 e. The predicted octanol–water partition coefficient (Wildman–Crippen LogP) is 3.85. The SMILES string of the molecule is CCCCCCCCCCCC[C@@H](O)[C@@H](O)[C@H](CO[C@@H]1O[C@H](CO)[C@H](O)C(O)C1O)NC(=O)CCCCCCCCCC. The largest absolute Gasteiger partial charge is 0.394 e. The third kappa shape index (κ3) is 17.4. The minimum atomic E-state index is -1.60. The van der Waals surface area contributed by atoms with Gasteiger partial charge in [-0.15, -0.1) is 0 Å². The summed E-state index contributed by atoms with van der Waals surface area (Å²) in [6.07, 6.45) is 11.4. The lowest BCUT2D eigenvalue weighted by atomic mass is 9.98. The van der Waals surface area contributed by atoms with E-state index in [4.69, 9.17) is 9.47 Å². The highest BCUT2D eigenvalue weighted by atomic mass is 16.7. The number of rotatable bonds is 27. The average molecular weight is 620 g/mol. The van der Waals surface area contributed by atoms with E-state index in [1.165, 1.54) is 64.2 Å². The Balaban J connectivity index is 2.57. The van der Waals surface area contributed by atoms with Crippen molar-refractivity contribution in [3.63, 3.8) is 0 Å². The molecule has 10 nitrogen and oxygen atoms in total. The molecular weight excluding hydrogens is 554 g/mol. The predicted molar refractivity (Wildman–Crippen MR) is 167 cm³/mol. The van der Waals surface area contributed by atoms with Gasteiger partial charge >= 0.3 is 0 Å². The zero-order valence-electron chi connectivity index (χ0n) is 27.1. The topological polar surface area (TPSA) is 169 Å². The van der Waals surface area contributed by atoms with E-state index in [1.54, 1.807) is 0 Å². The van der Waals surface area contributed by atoms with Crippen molar-refractivity contribution in [2.24, 2.45) is 0 Å². The molecule has 8 atom stereocenters. The van der Waals surface area contributed by atoms with Crippen LogP contribution < -0.4 is 5.32 Å². The molecule has 0 radical (unpaired) electrons. The number of ether oxygens (including phenoxy) is 2. The van der Waals surface area contributed by atoms with Crippen LogP contribution in [0.5, 0.6) is 0 Å². The number of amides is 1. The third-order valence-electron chi connectivity index (χ3n) is 8.55. The molecule has 0 aromatic rings. The molecule has 1 saturated heterocycles. The molecule has 0 saturated carbocycles. The van der Waals surface area contributed by atoms with Crippen LogP contribution in [0.1, 0.15) is 142 Å². The molecule has 1 amide bonds. The second-order valence-electron chi connectivity index (χ2n) is 12.5. The summed E-state index contributed by atoms with van der Waals surface area (Å²) in [5, 5.41) is 64.4. The second-order valence-corrected chi connectivity index (χ2v) is 12.5. The van der Waals surface area contributed by atoms with Gasteiger partial charge in [-0.2, -0.15) is 0 Å². The van der Waals surface area contributed by atoms with Gasteiger partial charge in [-0.3, -0.25) is 4.79 Å². The van der Waals surface area contributed by atoms with Crippen LogP contribution in [-0.2, 0) is 14.3 Å². The van der Waals surface area contributed by atoms with Gasteiger partial charge in [0.2, 0.25) is 5.91 Å². The number of carbonyl (C=O) groups excluding carboxylic acids is 1. The molecule has 0 aromatic carbocycles. The Morgan fingerprint density at radius 2 is 1.21 bits per heavy atom. The monoisotopic (exact) mass is 619 g/mol. The van der Waals surface area contributed by atoms with Crippen molar-refractivity contribution >= 4 is 5.91 Å². The number of hydrogen-bond donors (Lipinski definition) is 7. The fraction of sp³-hybridized carbons (Fsp3) is 0.970. The minimum Gasteiger partial charge on any atom is -0.394 e. The van der Waals surface area contributed by atoms with Crippen molar-refractivity contribution in [3.05, 3.63) is 0 Å². The van der Waals surface area contributed by atoms with Gasteiger partial charge in [-0.25, -0.2) is 0 Å². The Labute approximate surface area is 260 Å². The summed E-state index contributed by atoms with van der Waals surface area (Å²) < 4.78 is 11.0. The molecular formula is C33H65NO9. The molecule has 7 N–H and O–H groups in total. The van der Waals surface area contributed by atoms with Gasteiger partial charge in [0.05, 0.1) is 25.4 Å². The summed E-state index contributed by atoms with van der Waals surface area (Å²) in [5.41, 5.74) is 0. The lowest BCUT2D eigenvalue weighted by Crippen LogP contribution is -2.60. The standard InChI is InChI=1S/C33H65NO9/c1-3-5-7-9-11-13-14-15-17-19-21-26(36)29(38)25(34-28(37)22-20-18-16-12-10-8-6-4-2)24-42-33-32(41)31(40)30(39)27(23-35)43-33/h25-27,29-33,35-36,38-41H,3-24H2,1-2H3,(H,34,37)/t25-,26+,27+,29-,30-,31?,32?,33+/m0/s1. The minimum absolute atomic E-state index is 0.265. The first kappa shape index (κ1) is 40.2. The lowest BCUT2D eigenvalue weighted by molar-refractivity contribution is -0.303. The quantitative estimate of drug-likeness (QED) is 0.0675. The Morgan fingerprint density at radius 3 is 1.72 bits per heavy atom. The van der Waals surface area contributed by atoms with Gasteiger partial charge < -0.3 is 45.4 Å². The third-order valence-corrected chi connectivity index (χ3v) is 8.55. The molecule has 0 spiro atoms. The van der Waals surface area contributed by atoms with Crippen LogP contribution in [0.2, 0.25) is 0 Å². The maximum atomic E-state index is 12.8. The van der Waals surface area contributed by atoms with Crippen molar-refractivity contribution in [3.8, 4) is 0 Å². The zero-order chi connectivity index (χ0) is 31.9. The van der Waals surface area contributed by atoms with Crippen LogP contribution in [0.4, 0.5) is 0 Å². The van der Waals surface area contributed by atoms with E-state index < -0.39 is 55.6 Å². The fourth-order valence-electron chi connectivity index (χ4n) is 5.61. The summed E-state index contributed by atoms with van der Waals surface area (Å²) >= 11 is 0. The first-order chi connectivity index (χ1) is 20.8. The summed E-state index contributed by atoms with van der Waals surface area (Å²) in [6, 6.07) is -0.980. The van der Waals surface area contributed by atoms with Gasteiger partial charge in [-0.1, -0.05) is 123 Å². The van der Waals surface area contributed by atoms with E-state index in [0.717, 1.165) is 51.4 Å². The van der Waals surface area contributed by atoms with E-state index in [2.05, 4.69) is 19.2 Å². The maximum Gasteiger partial charge on any atom is 0.220 e. The van der Waals surface area contributed by atoms with Crippen LogP contribution in [0.15, 0.2) is 0 Å². The molecule has 1 aliphatic heterocycles. The molecule has 0 aromatic heterocycles. The maximum absolute atomic E-state index is 12.8. The first-order valence-electron chi connectivity index (χ1n) is 17.3. The summed E-state index contributed by atoms with van der Waals surface area (Å²) in [7, 11) is 0. The van der Waals surface area contributed by atoms with Crippen molar-refractivity contribution in [2.45, 2.75) is 191 Å². The van der Waals surface area contributed by atoms with Crippen LogP contribution in [0.25, 0.3) is 0 Å². The second kappa shape index (κ2) is 25.4. The van der Waals surface area contributed by atoms with Crippen LogP contribution in [0, 0.1) is 0 Å². The average Bonchev–Trinajstić information content (AvgIpc) is 3.00. The molecule has 2 unspecified atom stereocenters. The molecule has 43 heavy (non-hydrogen) atoms. The Morgan fingerprint density at radius 1 is 0.721 bits per heavy atom. The highest BCUT2D eigenvalue weighted by Crippen LogP contribution is 2.23. The summed E-state index contributed by atoms with van der Waals surface area (Å²) in [5.74, 6) is -0.265. The van der Waals surface area contributed by atoms with Crippen LogP contribution >= 0.6 is 0 Å². The molecule has 1 heterocycles. The van der Waals surface area contributed by atoms with Crippen molar-refractivity contribution in [1.29, 1.82) is 0 Å². The highest BCUT2D eigenvalue weighted by Gasteiger charge is 2.44. The van der Waals surface area contributed by atoms with Crippen LogP contribution in [0.3, 0.4) is 0 Å². The highest BCUT2D eigenvalue weighted by molar-refractivity contribution is 5.76. The molecule has 1 aliphatic rings. The Bertz CT molecular complexity index is 668. The van der Waals surface area contributed by atoms with E-state index in [1.807, 2.05) is 0 Å². The number of carbonyl (C=O) groups is 1. The van der Waals surface area contributed by atoms with Gasteiger partial charge in [0.1, 0.15) is 30.5 Å². The van der Waals surface area contributed by atoms with E-state index in [-0.39, 0.29) is 18.9 Å². The normalized spacial score (nSPS) is 24.5. The van der Waals surface area contributed by atoms with Crippen molar-refractivity contribution in [1.82, 2.24) is 5.32 Å². The zero-order valence-corrected chi connectivity index (χ0v) is 27.1. The molecule has 256 valence electrons. The lowest BCUT2D eigenvalue weighted by Gasteiger charge is -2.40. The van der Waals surface area contributed by atoms with Gasteiger partial charge in [0.15, 0.2) is 6.29 Å². The van der Waals surface area contributed by atoms with Gasteiger partial charge in [-0.05, 0) is 12.8 Å². The number of aliphatic hydroxyl groups is 6. The van der Waals surface area contributed by atoms with E-state index in [0.29, 0.717) is 6.42 Å². The molecule has 0 bridgehead atoms. The number of aliphatic hydroxyl groups excluding tert-OH is 6. The Hall–Kier alpha value is -0.850. The molecule has 1 fully saturated rings. The number of unbranched alkanes of at least 4 members (excludes halogenated alkanes) is 16. The van der Waals surface area contributed by atoms with E-state index >= 15 is 0 Å². The molecule has 1 rings (SSSR count). The first-order valence-corrected chi connectivity index (χ1v) is 17.3. The molecule has 10 heteroatoms. The van der Waals surface area contributed by atoms with E-state index in [9.17, 15) is 35.4 Å². The van der Waals surface area contributed by atoms with Crippen LogP contribution in [-0.4, -0.2) is 98.7 Å². The van der Waals surface area contributed by atoms with Gasteiger partial charge in [0.25, 0.3) is 0 Å². The Kier molecular flexibility index (Phi) is 23.7. The summed E-state index contributed by atoms with van der Waals surface area (Å²) in [4.78, 5) is 12.8. The van der Waals surface area contributed by atoms with Crippen molar-refractivity contribution in [2.75, 3.05) is 13.2 Å². The number of hydrogen-bond acceptors (Lipinski definition) is 9. The fourth-order valence-corrected chi connectivity index (χ4v) is 5.61. The van der Waals surface area contributed by atoms with Crippen molar-refractivity contribution < 1.29 is 44.9 Å². The number of nitrogens with one attached hydrogen (secondary N) is 1. The molecule has 0 aliphatic carbocycles.